The van der Waals surface area contributed by atoms with Crippen LogP contribution in [-0.4, -0.2) is 31.2 Å². The van der Waals surface area contributed by atoms with E-state index in [0.29, 0.717) is 13.0 Å². The minimum absolute atomic E-state index is 0.0990. The maximum atomic E-state index is 11.9. The van der Waals surface area contributed by atoms with E-state index in [2.05, 4.69) is 5.32 Å². The molecule has 0 spiro atoms. The number of hydrogen-bond donors (Lipinski definition) is 2. The van der Waals surface area contributed by atoms with Gasteiger partial charge in [-0.05, 0) is 31.2 Å². The zero-order valence-electron chi connectivity index (χ0n) is 11.2. The van der Waals surface area contributed by atoms with Crippen molar-refractivity contribution in [1.29, 1.82) is 0 Å². The summed E-state index contributed by atoms with van der Waals surface area (Å²) in [5.74, 6) is -0.0990. The van der Waals surface area contributed by atoms with Crippen LogP contribution in [0.4, 0.5) is 0 Å². The molecule has 1 amide bonds. The number of nitrogens with two attached hydrogens (primary N) is 1. The SMILES string of the molecule is N[C@@H](Cc1ccccc1)C(=O)NCC1CCCCO1. The summed E-state index contributed by atoms with van der Waals surface area (Å²) < 4.78 is 5.57. The van der Waals surface area contributed by atoms with E-state index in [1.165, 1.54) is 6.42 Å². The van der Waals surface area contributed by atoms with Crippen LogP contribution in [0.3, 0.4) is 0 Å². The predicted octanol–water partition coefficient (Wildman–Crippen LogP) is 1.24. The number of ether oxygens (including phenoxy) is 1. The molecule has 19 heavy (non-hydrogen) atoms. The number of nitrogens with one attached hydrogen (secondary N) is 1. The van der Waals surface area contributed by atoms with E-state index in [1.54, 1.807) is 0 Å². The van der Waals surface area contributed by atoms with Crippen molar-refractivity contribution in [3.63, 3.8) is 0 Å². The Morgan fingerprint density at radius 3 is 2.84 bits per heavy atom. The van der Waals surface area contributed by atoms with E-state index in [1.807, 2.05) is 30.3 Å². The van der Waals surface area contributed by atoms with Gasteiger partial charge in [0.15, 0.2) is 0 Å². The Hall–Kier alpha value is -1.39. The van der Waals surface area contributed by atoms with E-state index in [0.717, 1.165) is 25.0 Å². The minimum Gasteiger partial charge on any atom is -0.376 e. The number of carbonyl (C=O) groups excluding carboxylic acids is 1. The lowest BCUT2D eigenvalue weighted by molar-refractivity contribution is -0.123. The van der Waals surface area contributed by atoms with Gasteiger partial charge in [-0.2, -0.15) is 0 Å². The summed E-state index contributed by atoms with van der Waals surface area (Å²) in [6.07, 6.45) is 4.04. The van der Waals surface area contributed by atoms with E-state index in [-0.39, 0.29) is 12.0 Å². The van der Waals surface area contributed by atoms with Gasteiger partial charge in [0.25, 0.3) is 0 Å². The van der Waals surface area contributed by atoms with Gasteiger partial charge in [-0.3, -0.25) is 4.79 Å². The van der Waals surface area contributed by atoms with Crippen LogP contribution in [0.2, 0.25) is 0 Å². The Morgan fingerprint density at radius 2 is 2.16 bits per heavy atom. The van der Waals surface area contributed by atoms with Crippen LogP contribution >= 0.6 is 0 Å². The van der Waals surface area contributed by atoms with Gasteiger partial charge < -0.3 is 15.8 Å². The van der Waals surface area contributed by atoms with Crippen molar-refractivity contribution in [3.05, 3.63) is 35.9 Å². The molecule has 1 aliphatic rings. The van der Waals surface area contributed by atoms with Crippen LogP contribution in [0.5, 0.6) is 0 Å². The van der Waals surface area contributed by atoms with Gasteiger partial charge in [0, 0.05) is 13.2 Å². The molecular formula is C15H22N2O2. The average Bonchev–Trinajstić information content (AvgIpc) is 2.47. The number of benzene rings is 1. The minimum atomic E-state index is -0.494. The molecule has 104 valence electrons. The van der Waals surface area contributed by atoms with Crippen molar-refractivity contribution in [3.8, 4) is 0 Å². The van der Waals surface area contributed by atoms with Crippen molar-refractivity contribution in [2.24, 2.45) is 5.73 Å². The Balaban J connectivity index is 1.73. The second-order valence-electron chi connectivity index (χ2n) is 5.03. The van der Waals surface area contributed by atoms with Gasteiger partial charge in [0.2, 0.25) is 5.91 Å². The van der Waals surface area contributed by atoms with Crippen molar-refractivity contribution in [1.82, 2.24) is 5.32 Å². The van der Waals surface area contributed by atoms with E-state index in [9.17, 15) is 4.79 Å². The van der Waals surface area contributed by atoms with Gasteiger partial charge in [0.05, 0.1) is 12.1 Å². The van der Waals surface area contributed by atoms with Crippen LogP contribution in [-0.2, 0) is 16.0 Å². The molecule has 1 saturated heterocycles. The highest BCUT2D eigenvalue weighted by Gasteiger charge is 2.18. The first-order valence-corrected chi connectivity index (χ1v) is 6.94. The lowest BCUT2D eigenvalue weighted by Gasteiger charge is -2.23. The first-order valence-electron chi connectivity index (χ1n) is 6.94. The highest BCUT2D eigenvalue weighted by atomic mass is 16.5. The summed E-state index contributed by atoms with van der Waals surface area (Å²) in [5, 5.41) is 2.88. The van der Waals surface area contributed by atoms with Crippen molar-refractivity contribution in [2.45, 2.75) is 37.8 Å². The average molecular weight is 262 g/mol. The molecule has 0 saturated carbocycles. The normalized spacial score (nSPS) is 20.8. The van der Waals surface area contributed by atoms with Crippen molar-refractivity contribution < 1.29 is 9.53 Å². The molecule has 1 heterocycles. The Bertz CT molecular complexity index is 388. The molecule has 0 radical (unpaired) electrons. The van der Waals surface area contributed by atoms with Crippen molar-refractivity contribution >= 4 is 5.91 Å². The molecule has 4 nitrogen and oxygen atoms in total. The highest BCUT2D eigenvalue weighted by Crippen LogP contribution is 2.11. The van der Waals surface area contributed by atoms with Crippen LogP contribution in [0.15, 0.2) is 30.3 Å². The molecule has 0 bridgehead atoms. The second kappa shape index (κ2) is 7.26. The van der Waals surface area contributed by atoms with E-state index in [4.69, 9.17) is 10.5 Å². The van der Waals surface area contributed by atoms with Gasteiger partial charge >= 0.3 is 0 Å². The van der Waals surface area contributed by atoms with E-state index >= 15 is 0 Å². The standard InChI is InChI=1S/C15H22N2O2/c16-14(10-12-6-2-1-3-7-12)15(18)17-11-13-8-4-5-9-19-13/h1-3,6-7,13-14H,4-5,8-11,16H2,(H,17,18)/t13?,14-/m0/s1. The molecule has 1 aromatic rings. The maximum Gasteiger partial charge on any atom is 0.237 e. The molecule has 1 fully saturated rings. The second-order valence-corrected chi connectivity index (χ2v) is 5.03. The van der Waals surface area contributed by atoms with Crippen LogP contribution in [0.1, 0.15) is 24.8 Å². The Morgan fingerprint density at radius 1 is 1.37 bits per heavy atom. The molecule has 4 heteroatoms. The zero-order chi connectivity index (χ0) is 13.5. The maximum absolute atomic E-state index is 11.9. The number of carbonyl (C=O) groups is 1. The highest BCUT2D eigenvalue weighted by molar-refractivity contribution is 5.81. The molecule has 2 atom stereocenters. The van der Waals surface area contributed by atoms with Gasteiger partial charge in [-0.15, -0.1) is 0 Å². The zero-order valence-corrected chi connectivity index (χ0v) is 11.2. The van der Waals surface area contributed by atoms with Crippen LogP contribution in [0, 0.1) is 0 Å². The smallest absolute Gasteiger partial charge is 0.237 e. The van der Waals surface area contributed by atoms with Gasteiger partial charge in [-0.1, -0.05) is 30.3 Å². The van der Waals surface area contributed by atoms with Crippen LogP contribution < -0.4 is 11.1 Å². The Labute approximate surface area is 114 Å². The molecule has 2 rings (SSSR count). The lowest BCUT2D eigenvalue weighted by Crippen LogP contribution is -2.45. The fraction of sp³-hybridized carbons (Fsp3) is 0.533. The molecule has 1 aromatic carbocycles. The fourth-order valence-electron chi connectivity index (χ4n) is 2.27. The van der Waals surface area contributed by atoms with Crippen LogP contribution in [0.25, 0.3) is 0 Å². The van der Waals surface area contributed by atoms with Gasteiger partial charge in [-0.25, -0.2) is 0 Å². The van der Waals surface area contributed by atoms with E-state index < -0.39 is 6.04 Å². The fourth-order valence-corrected chi connectivity index (χ4v) is 2.27. The summed E-state index contributed by atoms with van der Waals surface area (Å²) in [6, 6.07) is 9.33. The summed E-state index contributed by atoms with van der Waals surface area (Å²) in [7, 11) is 0. The molecule has 0 aliphatic carbocycles. The third kappa shape index (κ3) is 4.65. The van der Waals surface area contributed by atoms with Gasteiger partial charge in [0.1, 0.15) is 0 Å². The molecular weight excluding hydrogens is 240 g/mol. The molecule has 1 unspecified atom stereocenters. The molecule has 1 aliphatic heterocycles. The predicted molar refractivity (Wildman–Crippen MR) is 74.7 cm³/mol. The first kappa shape index (κ1) is 14.0. The lowest BCUT2D eigenvalue weighted by atomic mass is 10.1. The summed E-state index contributed by atoms with van der Waals surface area (Å²) in [5.41, 5.74) is 6.99. The number of hydrogen-bond acceptors (Lipinski definition) is 3. The quantitative estimate of drug-likeness (QED) is 0.839. The molecule has 0 aromatic heterocycles. The Kier molecular flexibility index (Phi) is 5.36. The largest absolute Gasteiger partial charge is 0.376 e. The summed E-state index contributed by atoms with van der Waals surface area (Å²) in [4.78, 5) is 11.9. The summed E-state index contributed by atoms with van der Waals surface area (Å²) in [6.45, 7) is 1.37. The third-order valence-electron chi connectivity index (χ3n) is 3.41. The number of amides is 1. The summed E-state index contributed by atoms with van der Waals surface area (Å²) >= 11 is 0. The first-order chi connectivity index (χ1) is 9.25. The molecule has 3 N–H and O–H groups in total. The topological polar surface area (TPSA) is 64.4 Å². The monoisotopic (exact) mass is 262 g/mol. The van der Waals surface area contributed by atoms with Crippen molar-refractivity contribution in [2.75, 3.05) is 13.2 Å². The number of rotatable bonds is 5. The third-order valence-corrected chi connectivity index (χ3v) is 3.41.